The minimum absolute atomic E-state index is 0.209. The minimum atomic E-state index is 0.209. The van der Waals surface area contributed by atoms with Gasteiger partial charge in [-0.15, -0.1) is 0 Å². The van der Waals surface area contributed by atoms with E-state index in [0.717, 1.165) is 18.5 Å². The number of rotatable bonds is 3. The molecule has 0 bridgehead atoms. The summed E-state index contributed by atoms with van der Waals surface area (Å²) in [5.41, 5.74) is 1.05. The molecule has 0 saturated heterocycles. The average Bonchev–Trinajstić information content (AvgIpc) is 2.73. The Morgan fingerprint density at radius 3 is 2.88 bits per heavy atom. The summed E-state index contributed by atoms with van der Waals surface area (Å²) in [5.74, 6) is 0.447. The molecule has 4 heteroatoms. The highest BCUT2D eigenvalue weighted by Crippen LogP contribution is 2.23. The van der Waals surface area contributed by atoms with Gasteiger partial charge in [0, 0.05) is 19.2 Å². The van der Waals surface area contributed by atoms with E-state index in [2.05, 4.69) is 10.4 Å². The maximum atomic E-state index is 11.9. The fourth-order valence-corrected chi connectivity index (χ4v) is 2.26. The van der Waals surface area contributed by atoms with E-state index in [1.54, 1.807) is 10.9 Å². The molecule has 1 aliphatic rings. The van der Waals surface area contributed by atoms with Gasteiger partial charge in [0.25, 0.3) is 0 Å². The van der Waals surface area contributed by atoms with Crippen LogP contribution in [0.5, 0.6) is 0 Å². The van der Waals surface area contributed by atoms with Crippen molar-refractivity contribution >= 4 is 5.91 Å². The van der Waals surface area contributed by atoms with E-state index in [1.165, 1.54) is 19.3 Å². The molecular weight excluding hydrogens is 202 g/mol. The van der Waals surface area contributed by atoms with Crippen LogP contribution in [0.4, 0.5) is 0 Å². The Balaban J connectivity index is 1.81. The first-order valence-corrected chi connectivity index (χ1v) is 6.02. The maximum absolute atomic E-state index is 11.9. The topological polar surface area (TPSA) is 46.9 Å². The van der Waals surface area contributed by atoms with Gasteiger partial charge in [-0.05, 0) is 18.9 Å². The van der Waals surface area contributed by atoms with Gasteiger partial charge in [0.2, 0.25) is 5.91 Å². The lowest BCUT2D eigenvalue weighted by atomic mass is 9.89. The summed E-state index contributed by atoms with van der Waals surface area (Å²) in [6, 6.07) is 1.93. The normalized spacial score (nSPS) is 17.3. The highest BCUT2D eigenvalue weighted by Gasteiger charge is 2.20. The quantitative estimate of drug-likeness (QED) is 0.843. The highest BCUT2D eigenvalue weighted by atomic mass is 16.1. The van der Waals surface area contributed by atoms with Crippen LogP contribution in [0.15, 0.2) is 12.3 Å². The van der Waals surface area contributed by atoms with Crippen molar-refractivity contribution in [1.82, 2.24) is 15.1 Å². The molecule has 1 aromatic rings. The van der Waals surface area contributed by atoms with Gasteiger partial charge in [0.05, 0.1) is 12.2 Å². The van der Waals surface area contributed by atoms with E-state index in [-0.39, 0.29) is 11.8 Å². The van der Waals surface area contributed by atoms with Crippen LogP contribution in [0, 0.1) is 5.92 Å². The first kappa shape index (κ1) is 11.2. The molecule has 1 saturated carbocycles. The predicted octanol–water partition coefficient (Wildman–Crippen LogP) is 1.62. The molecule has 1 aliphatic carbocycles. The molecule has 4 nitrogen and oxygen atoms in total. The molecule has 1 heterocycles. The molecule has 0 radical (unpaired) electrons. The standard InChI is InChI=1S/C12H19N3O/c1-15-11(7-8-14-15)9-13-12(16)10-5-3-2-4-6-10/h7-8,10H,2-6,9H2,1H3,(H,13,16). The van der Waals surface area contributed by atoms with E-state index in [1.807, 2.05) is 13.1 Å². The average molecular weight is 221 g/mol. The maximum Gasteiger partial charge on any atom is 0.223 e. The molecule has 1 aromatic heterocycles. The van der Waals surface area contributed by atoms with Crippen LogP contribution < -0.4 is 5.32 Å². The number of carbonyl (C=O) groups is 1. The monoisotopic (exact) mass is 221 g/mol. The Labute approximate surface area is 96.0 Å². The molecule has 1 fully saturated rings. The second-order valence-electron chi connectivity index (χ2n) is 4.50. The third-order valence-corrected chi connectivity index (χ3v) is 3.34. The van der Waals surface area contributed by atoms with Gasteiger partial charge in [-0.2, -0.15) is 5.10 Å². The van der Waals surface area contributed by atoms with E-state index < -0.39 is 0 Å². The van der Waals surface area contributed by atoms with Gasteiger partial charge in [-0.25, -0.2) is 0 Å². The fraction of sp³-hybridized carbons (Fsp3) is 0.667. The molecule has 88 valence electrons. The summed E-state index contributed by atoms with van der Waals surface area (Å²) in [7, 11) is 1.89. The highest BCUT2D eigenvalue weighted by molar-refractivity contribution is 5.78. The minimum Gasteiger partial charge on any atom is -0.350 e. The summed E-state index contributed by atoms with van der Waals surface area (Å²) in [6.07, 6.45) is 7.54. The van der Waals surface area contributed by atoms with E-state index >= 15 is 0 Å². The van der Waals surface area contributed by atoms with Crippen molar-refractivity contribution in [3.05, 3.63) is 18.0 Å². The largest absolute Gasteiger partial charge is 0.350 e. The van der Waals surface area contributed by atoms with Crippen LogP contribution in [-0.4, -0.2) is 15.7 Å². The van der Waals surface area contributed by atoms with Gasteiger partial charge < -0.3 is 5.32 Å². The zero-order valence-corrected chi connectivity index (χ0v) is 9.78. The molecule has 2 rings (SSSR count). The summed E-state index contributed by atoms with van der Waals surface area (Å²) >= 11 is 0. The zero-order chi connectivity index (χ0) is 11.4. The third kappa shape index (κ3) is 2.62. The van der Waals surface area contributed by atoms with Crippen molar-refractivity contribution < 1.29 is 4.79 Å². The summed E-state index contributed by atoms with van der Waals surface area (Å²) in [4.78, 5) is 11.9. The summed E-state index contributed by atoms with van der Waals surface area (Å²) in [5, 5.41) is 7.07. The van der Waals surface area contributed by atoms with Crippen molar-refractivity contribution in [3.8, 4) is 0 Å². The Bertz CT molecular complexity index is 353. The van der Waals surface area contributed by atoms with Gasteiger partial charge in [0.1, 0.15) is 0 Å². The lowest BCUT2D eigenvalue weighted by molar-refractivity contribution is -0.126. The Kier molecular flexibility index (Phi) is 3.59. The molecule has 0 spiro atoms. The van der Waals surface area contributed by atoms with E-state index in [0.29, 0.717) is 6.54 Å². The Morgan fingerprint density at radius 2 is 2.25 bits per heavy atom. The molecule has 1 amide bonds. The molecular formula is C12H19N3O. The number of amides is 1. The number of carbonyl (C=O) groups excluding carboxylic acids is 1. The molecule has 0 atom stereocenters. The SMILES string of the molecule is Cn1nccc1CNC(=O)C1CCCCC1. The van der Waals surface area contributed by atoms with Crippen molar-refractivity contribution in [2.45, 2.75) is 38.6 Å². The van der Waals surface area contributed by atoms with Crippen molar-refractivity contribution in [1.29, 1.82) is 0 Å². The Morgan fingerprint density at radius 1 is 1.50 bits per heavy atom. The first-order chi connectivity index (χ1) is 7.77. The van der Waals surface area contributed by atoms with Gasteiger partial charge in [0.15, 0.2) is 0 Å². The smallest absolute Gasteiger partial charge is 0.223 e. The second-order valence-corrected chi connectivity index (χ2v) is 4.50. The fourth-order valence-electron chi connectivity index (χ4n) is 2.26. The van der Waals surface area contributed by atoms with Crippen LogP contribution >= 0.6 is 0 Å². The van der Waals surface area contributed by atoms with Gasteiger partial charge in [-0.3, -0.25) is 9.48 Å². The number of hydrogen-bond donors (Lipinski definition) is 1. The number of nitrogens with one attached hydrogen (secondary N) is 1. The first-order valence-electron chi connectivity index (χ1n) is 6.02. The molecule has 16 heavy (non-hydrogen) atoms. The van der Waals surface area contributed by atoms with Crippen molar-refractivity contribution in [2.75, 3.05) is 0 Å². The van der Waals surface area contributed by atoms with Crippen LogP contribution in [0.2, 0.25) is 0 Å². The van der Waals surface area contributed by atoms with Crippen LogP contribution in [0.3, 0.4) is 0 Å². The van der Waals surface area contributed by atoms with Crippen LogP contribution in [0.25, 0.3) is 0 Å². The summed E-state index contributed by atoms with van der Waals surface area (Å²) in [6.45, 7) is 0.589. The molecule has 0 unspecified atom stereocenters. The molecule has 0 aromatic carbocycles. The van der Waals surface area contributed by atoms with E-state index in [9.17, 15) is 4.79 Å². The molecule has 0 aliphatic heterocycles. The third-order valence-electron chi connectivity index (χ3n) is 3.34. The number of hydrogen-bond acceptors (Lipinski definition) is 2. The lowest BCUT2D eigenvalue weighted by Crippen LogP contribution is -2.32. The van der Waals surface area contributed by atoms with Crippen molar-refractivity contribution in [2.24, 2.45) is 13.0 Å². The molecule has 1 N–H and O–H groups in total. The van der Waals surface area contributed by atoms with Crippen LogP contribution in [0.1, 0.15) is 37.8 Å². The van der Waals surface area contributed by atoms with Crippen LogP contribution in [-0.2, 0) is 18.4 Å². The van der Waals surface area contributed by atoms with Gasteiger partial charge >= 0.3 is 0 Å². The second kappa shape index (κ2) is 5.14. The van der Waals surface area contributed by atoms with E-state index in [4.69, 9.17) is 0 Å². The van der Waals surface area contributed by atoms with Crippen molar-refractivity contribution in [3.63, 3.8) is 0 Å². The zero-order valence-electron chi connectivity index (χ0n) is 9.78. The van der Waals surface area contributed by atoms with Gasteiger partial charge in [-0.1, -0.05) is 19.3 Å². The summed E-state index contributed by atoms with van der Waals surface area (Å²) < 4.78 is 1.79. The number of aromatic nitrogens is 2. The lowest BCUT2D eigenvalue weighted by Gasteiger charge is -2.20. The number of nitrogens with zero attached hydrogens (tertiary/aromatic N) is 2. The Hall–Kier alpha value is -1.32. The predicted molar refractivity (Wildman–Crippen MR) is 61.6 cm³/mol. The number of aryl methyl sites for hydroxylation is 1.